The maximum atomic E-state index is 12.1. The van der Waals surface area contributed by atoms with Gasteiger partial charge in [0, 0.05) is 13.1 Å². The van der Waals surface area contributed by atoms with Gasteiger partial charge in [-0.25, -0.2) is 9.78 Å². The van der Waals surface area contributed by atoms with E-state index < -0.39 is 0 Å². The Balaban J connectivity index is 1.57. The van der Waals surface area contributed by atoms with E-state index >= 15 is 0 Å². The van der Waals surface area contributed by atoms with Crippen molar-refractivity contribution < 1.29 is 4.79 Å². The first-order chi connectivity index (χ1) is 9.72. The Labute approximate surface area is 118 Å². The molecule has 0 spiro atoms. The number of fused-ring (bicyclic) bond motifs is 1. The summed E-state index contributed by atoms with van der Waals surface area (Å²) in [5, 5.41) is 2.94. The van der Waals surface area contributed by atoms with Crippen LogP contribution >= 0.6 is 0 Å². The molecule has 0 unspecified atom stereocenters. The number of piperidine rings is 1. The van der Waals surface area contributed by atoms with Crippen molar-refractivity contribution in [2.45, 2.75) is 26.3 Å². The first-order valence-corrected chi connectivity index (χ1v) is 7.19. The highest BCUT2D eigenvalue weighted by atomic mass is 16.2. The molecule has 2 amide bonds. The molecular formula is C15H20N4O. The molecule has 1 saturated heterocycles. The largest absolute Gasteiger partial charge is 0.340 e. The number of imidazole rings is 1. The maximum absolute atomic E-state index is 12.1. The molecule has 20 heavy (non-hydrogen) atoms. The van der Waals surface area contributed by atoms with Crippen LogP contribution in [-0.2, 0) is 6.54 Å². The number of amides is 2. The van der Waals surface area contributed by atoms with Gasteiger partial charge in [0.1, 0.15) is 5.82 Å². The van der Waals surface area contributed by atoms with E-state index in [1.165, 1.54) is 0 Å². The summed E-state index contributed by atoms with van der Waals surface area (Å²) in [6.45, 7) is 4.39. The molecule has 1 aromatic carbocycles. The zero-order chi connectivity index (χ0) is 13.9. The van der Waals surface area contributed by atoms with E-state index in [9.17, 15) is 4.79 Å². The Kier molecular flexibility index (Phi) is 3.58. The Morgan fingerprint density at radius 1 is 1.40 bits per heavy atom. The SMILES string of the molecule is CC1CCN(C(=O)NCc2nc3ccccc3[nH]2)CC1. The Morgan fingerprint density at radius 2 is 2.15 bits per heavy atom. The maximum Gasteiger partial charge on any atom is 0.317 e. The van der Waals surface area contributed by atoms with E-state index in [4.69, 9.17) is 0 Å². The molecule has 0 radical (unpaired) electrons. The average molecular weight is 272 g/mol. The van der Waals surface area contributed by atoms with Gasteiger partial charge in [-0.2, -0.15) is 0 Å². The number of likely N-dealkylation sites (tertiary alicyclic amines) is 1. The molecule has 5 nitrogen and oxygen atoms in total. The molecule has 2 aromatic rings. The average Bonchev–Trinajstić information content (AvgIpc) is 2.88. The van der Waals surface area contributed by atoms with Gasteiger partial charge in [0.15, 0.2) is 0 Å². The van der Waals surface area contributed by atoms with Crippen LogP contribution in [0.4, 0.5) is 4.79 Å². The van der Waals surface area contributed by atoms with E-state index in [-0.39, 0.29) is 6.03 Å². The quantitative estimate of drug-likeness (QED) is 0.882. The van der Waals surface area contributed by atoms with Gasteiger partial charge in [-0.1, -0.05) is 19.1 Å². The Hall–Kier alpha value is -2.04. The first-order valence-electron chi connectivity index (χ1n) is 7.19. The van der Waals surface area contributed by atoms with E-state index in [1.807, 2.05) is 29.2 Å². The van der Waals surface area contributed by atoms with Gasteiger partial charge in [-0.3, -0.25) is 0 Å². The number of carbonyl (C=O) groups excluding carboxylic acids is 1. The number of carbonyl (C=O) groups is 1. The molecule has 2 heterocycles. The number of aromatic nitrogens is 2. The van der Waals surface area contributed by atoms with Crippen molar-refractivity contribution in [2.75, 3.05) is 13.1 Å². The smallest absolute Gasteiger partial charge is 0.317 e. The number of hydrogen-bond donors (Lipinski definition) is 2. The predicted molar refractivity (Wildman–Crippen MR) is 78.3 cm³/mol. The second-order valence-corrected chi connectivity index (χ2v) is 5.53. The minimum absolute atomic E-state index is 0.0114. The van der Waals surface area contributed by atoms with Crippen molar-refractivity contribution in [1.29, 1.82) is 0 Å². The van der Waals surface area contributed by atoms with Crippen LogP contribution in [-0.4, -0.2) is 34.0 Å². The van der Waals surface area contributed by atoms with Crippen LogP contribution in [0.25, 0.3) is 11.0 Å². The molecule has 1 aliphatic heterocycles. The zero-order valence-electron chi connectivity index (χ0n) is 11.7. The predicted octanol–water partition coefficient (Wildman–Crippen LogP) is 2.50. The minimum atomic E-state index is 0.0114. The fourth-order valence-electron chi connectivity index (χ4n) is 2.57. The lowest BCUT2D eigenvalue weighted by Crippen LogP contribution is -2.43. The molecule has 2 N–H and O–H groups in total. The highest BCUT2D eigenvalue weighted by molar-refractivity contribution is 5.76. The molecule has 1 aliphatic rings. The van der Waals surface area contributed by atoms with Crippen molar-refractivity contribution in [3.8, 4) is 0 Å². The molecule has 106 valence electrons. The fraction of sp³-hybridized carbons (Fsp3) is 0.467. The monoisotopic (exact) mass is 272 g/mol. The summed E-state index contributed by atoms with van der Waals surface area (Å²) in [6.07, 6.45) is 2.19. The molecular weight excluding hydrogens is 252 g/mol. The third kappa shape index (κ3) is 2.76. The lowest BCUT2D eigenvalue weighted by atomic mass is 10.00. The van der Waals surface area contributed by atoms with Crippen LogP contribution in [0, 0.1) is 5.92 Å². The number of nitrogens with zero attached hydrogens (tertiary/aromatic N) is 2. The van der Waals surface area contributed by atoms with Gasteiger partial charge < -0.3 is 15.2 Å². The van der Waals surface area contributed by atoms with Crippen LogP contribution in [0.15, 0.2) is 24.3 Å². The summed E-state index contributed by atoms with van der Waals surface area (Å²) in [4.78, 5) is 21.6. The van der Waals surface area contributed by atoms with Gasteiger partial charge in [-0.15, -0.1) is 0 Å². The van der Waals surface area contributed by atoms with Gasteiger partial charge in [-0.05, 0) is 30.9 Å². The standard InChI is InChI=1S/C15H20N4O/c1-11-6-8-19(9-7-11)15(20)16-10-14-17-12-4-2-3-5-13(12)18-14/h2-5,11H,6-10H2,1H3,(H,16,20)(H,17,18). The topological polar surface area (TPSA) is 61.0 Å². The number of nitrogens with one attached hydrogen (secondary N) is 2. The highest BCUT2D eigenvalue weighted by Crippen LogP contribution is 2.16. The van der Waals surface area contributed by atoms with Crippen LogP contribution < -0.4 is 5.32 Å². The molecule has 0 saturated carbocycles. The Morgan fingerprint density at radius 3 is 2.90 bits per heavy atom. The number of hydrogen-bond acceptors (Lipinski definition) is 2. The molecule has 0 atom stereocenters. The van der Waals surface area contributed by atoms with Gasteiger partial charge in [0.05, 0.1) is 17.6 Å². The van der Waals surface area contributed by atoms with Crippen LogP contribution in [0.3, 0.4) is 0 Å². The van der Waals surface area contributed by atoms with Crippen molar-refractivity contribution in [3.05, 3.63) is 30.1 Å². The zero-order valence-corrected chi connectivity index (χ0v) is 11.7. The normalized spacial score (nSPS) is 16.6. The summed E-state index contributed by atoms with van der Waals surface area (Å²) in [7, 11) is 0. The number of aromatic amines is 1. The van der Waals surface area contributed by atoms with E-state index in [0.717, 1.165) is 48.7 Å². The van der Waals surface area contributed by atoms with Crippen molar-refractivity contribution in [1.82, 2.24) is 20.2 Å². The van der Waals surface area contributed by atoms with Crippen LogP contribution in [0.2, 0.25) is 0 Å². The second-order valence-electron chi connectivity index (χ2n) is 5.53. The molecule has 0 aliphatic carbocycles. The molecule has 0 bridgehead atoms. The van der Waals surface area contributed by atoms with Gasteiger partial charge in [0.25, 0.3) is 0 Å². The number of rotatable bonds is 2. The minimum Gasteiger partial charge on any atom is -0.340 e. The van der Waals surface area contributed by atoms with Crippen LogP contribution in [0.1, 0.15) is 25.6 Å². The summed E-state index contributed by atoms with van der Waals surface area (Å²) in [5.74, 6) is 1.53. The number of benzene rings is 1. The van der Waals surface area contributed by atoms with E-state index in [1.54, 1.807) is 0 Å². The lowest BCUT2D eigenvalue weighted by Gasteiger charge is -2.30. The summed E-state index contributed by atoms with van der Waals surface area (Å²) in [6, 6.07) is 7.89. The van der Waals surface area contributed by atoms with Gasteiger partial charge >= 0.3 is 6.03 Å². The van der Waals surface area contributed by atoms with Gasteiger partial charge in [0.2, 0.25) is 0 Å². The second kappa shape index (κ2) is 5.53. The number of urea groups is 1. The van der Waals surface area contributed by atoms with E-state index in [0.29, 0.717) is 6.54 Å². The molecule has 3 rings (SSSR count). The van der Waals surface area contributed by atoms with Crippen molar-refractivity contribution >= 4 is 17.1 Å². The van der Waals surface area contributed by atoms with Crippen molar-refractivity contribution in [3.63, 3.8) is 0 Å². The fourth-order valence-corrected chi connectivity index (χ4v) is 2.57. The van der Waals surface area contributed by atoms with E-state index in [2.05, 4.69) is 22.2 Å². The Bertz CT molecular complexity index is 566. The van der Waals surface area contributed by atoms with Crippen LogP contribution in [0.5, 0.6) is 0 Å². The molecule has 1 aromatic heterocycles. The molecule has 1 fully saturated rings. The van der Waals surface area contributed by atoms with Crippen molar-refractivity contribution in [2.24, 2.45) is 5.92 Å². The number of H-pyrrole nitrogens is 1. The molecule has 5 heteroatoms. The third-order valence-corrected chi connectivity index (χ3v) is 3.92. The third-order valence-electron chi connectivity index (χ3n) is 3.92. The highest BCUT2D eigenvalue weighted by Gasteiger charge is 2.20. The first kappa shape index (κ1) is 13.0. The lowest BCUT2D eigenvalue weighted by molar-refractivity contribution is 0.173. The summed E-state index contributed by atoms with van der Waals surface area (Å²) < 4.78 is 0. The summed E-state index contributed by atoms with van der Waals surface area (Å²) >= 11 is 0. The summed E-state index contributed by atoms with van der Waals surface area (Å²) in [5.41, 5.74) is 1.94. The number of para-hydroxylation sites is 2.